The third-order valence-electron chi connectivity index (χ3n) is 4.68. The number of pyridine rings is 1. The average molecular weight is 428 g/mol. The number of sulfone groups is 1. The number of rotatable bonds is 6. The first-order chi connectivity index (χ1) is 13.3. The Hall–Kier alpha value is -1.74. The van der Waals surface area contributed by atoms with Crippen LogP contribution in [0.1, 0.15) is 18.5 Å². The van der Waals surface area contributed by atoms with Crippen molar-refractivity contribution >= 4 is 27.3 Å². The lowest BCUT2D eigenvalue weighted by Crippen LogP contribution is -2.45. The highest BCUT2D eigenvalue weighted by molar-refractivity contribution is 7.90. The number of nitrogens with one attached hydrogen (secondary N) is 1. The van der Waals surface area contributed by atoms with Crippen LogP contribution in [-0.4, -0.2) is 56.9 Å². The Morgan fingerprint density at radius 3 is 2.86 bits per heavy atom. The SMILES string of the molecule is CC1CN(C(CNc2ncccc2S(C)(=O)=O)c2c(F)cccc2Cl)CCO1. The summed E-state index contributed by atoms with van der Waals surface area (Å²) in [6.07, 6.45) is 2.64. The van der Waals surface area contributed by atoms with E-state index in [1.54, 1.807) is 18.2 Å². The molecule has 1 aliphatic rings. The summed E-state index contributed by atoms with van der Waals surface area (Å²) < 4.78 is 44.3. The van der Waals surface area contributed by atoms with Crippen LogP contribution in [0.2, 0.25) is 5.02 Å². The molecule has 0 spiro atoms. The molecule has 2 heterocycles. The maximum atomic E-state index is 14.7. The van der Waals surface area contributed by atoms with Crippen LogP contribution >= 0.6 is 11.6 Å². The third kappa shape index (κ3) is 4.81. The minimum atomic E-state index is -3.45. The molecule has 0 saturated carbocycles. The lowest BCUT2D eigenvalue weighted by molar-refractivity contribution is -0.0331. The van der Waals surface area contributed by atoms with Crippen molar-refractivity contribution < 1.29 is 17.5 Å². The second-order valence-electron chi connectivity index (χ2n) is 6.83. The molecule has 1 N–H and O–H groups in total. The Balaban J connectivity index is 1.93. The van der Waals surface area contributed by atoms with E-state index in [1.807, 2.05) is 6.92 Å². The summed E-state index contributed by atoms with van der Waals surface area (Å²) in [6, 6.07) is 7.24. The fourth-order valence-electron chi connectivity index (χ4n) is 3.39. The van der Waals surface area contributed by atoms with Gasteiger partial charge in [0, 0.05) is 42.7 Å². The molecular weight excluding hydrogens is 405 g/mol. The van der Waals surface area contributed by atoms with Gasteiger partial charge >= 0.3 is 0 Å². The molecule has 152 valence electrons. The Morgan fingerprint density at radius 2 is 2.18 bits per heavy atom. The van der Waals surface area contributed by atoms with Gasteiger partial charge in [-0.3, -0.25) is 4.90 Å². The lowest BCUT2D eigenvalue weighted by Gasteiger charge is -2.38. The Morgan fingerprint density at radius 1 is 1.39 bits per heavy atom. The molecule has 6 nitrogen and oxygen atoms in total. The number of ether oxygens (including phenoxy) is 1. The third-order valence-corrected chi connectivity index (χ3v) is 6.14. The van der Waals surface area contributed by atoms with E-state index in [4.69, 9.17) is 16.3 Å². The number of aromatic nitrogens is 1. The molecular formula is C19H23ClFN3O3S. The van der Waals surface area contributed by atoms with Gasteiger partial charge in [-0.1, -0.05) is 17.7 Å². The highest BCUT2D eigenvalue weighted by atomic mass is 35.5. The fraction of sp³-hybridized carbons (Fsp3) is 0.421. The molecule has 1 aromatic heterocycles. The second-order valence-corrected chi connectivity index (χ2v) is 9.22. The first-order valence-electron chi connectivity index (χ1n) is 8.96. The van der Waals surface area contributed by atoms with Gasteiger partial charge < -0.3 is 10.1 Å². The van der Waals surface area contributed by atoms with Crippen LogP contribution < -0.4 is 5.32 Å². The number of anilines is 1. The van der Waals surface area contributed by atoms with Crippen LogP contribution in [-0.2, 0) is 14.6 Å². The van der Waals surface area contributed by atoms with Crippen LogP contribution in [0, 0.1) is 5.82 Å². The van der Waals surface area contributed by atoms with E-state index >= 15 is 0 Å². The highest BCUT2D eigenvalue weighted by Gasteiger charge is 2.29. The Labute approximate surface area is 169 Å². The molecule has 3 rings (SSSR count). The standard InChI is InChI=1S/C19H23ClFN3O3S/c1-13-12-24(9-10-27-13)16(18-14(20)5-3-6-15(18)21)11-23-19-17(28(2,25)26)7-4-8-22-19/h3-8,13,16H,9-12H2,1-2H3,(H,22,23). The summed E-state index contributed by atoms with van der Waals surface area (Å²) in [7, 11) is -3.45. The normalized spacial score (nSPS) is 19.4. The molecule has 28 heavy (non-hydrogen) atoms. The van der Waals surface area contributed by atoms with E-state index in [0.717, 1.165) is 6.26 Å². The molecule has 0 bridgehead atoms. The summed E-state index contributed by atoms with van der Waals surface area (Å²) in [4.78, 5) is 6.35. The monoisotopic (exact) mass is 427 g/mol. The fourth-order valence-corrected chi connectivity index (χ4v) is 4.48. The molecule has 1 aromatic carbocycles. The number of halogens is 2. The number of benzene rings is 1. The minimum absolute atomic E-state index is 0.00299. The molecule has 2 atom stereocenters. The lowest BCUT2D eigenvalue weighted by atomic mass is 10.0. The summed E-state index contributed by atoms with van der Waals surface area (Å²) in [5, 5.41) is 3.42. The van der Waals surface area contributed by atoms with Gasteiger partial charge in [0.2, 0.25) is 0 Å². The minimum Gasteiger partial charge on any atom is -0.376 e. The van der Waals surface area contributed by atoms with Gasteiger partial charge in [0.05, 0.1) is 18.8 Å². The maximum absolute atomic E-state index is 14.7. The van der Waals surface area contributed by atoms with Crippen molar-refractivity contribution in [3.8, 4) is 0 Å². The maximum Gasteiger partial charge on any atom is 0.179 e. The molecule has 0 aliphatic carbocycles. The molecule has 9 heteroatoms. The van der Waals surface area contributed by atoms with E-state index in [9.17, 15) is 12.8 Å². The average Bonchev–Trinajstić information content (AvgIpc) is 2.63. The smallest absolute Gasteiger partial charge is 0.179 e. The summed E-state index contributed by atoms with van der Waals surface area (Å²) in [6.45, 7) is 3.95. The summed E-state index contributed by atoms with van der Waals surface area (Å²) in [5.74, 6) is -0.161. The van der Waals surface area contributed by atoms with Crippen molar-refractivity contribution in [2.45, 2.75) is 24.0 Å². The number of nitrogens with zero attached hydrogens (tertiary/aromatic N) is 2. The van der Waals surface area contributed by atoms with E-state index in [0.29, 0.717) is 30.3 Å². The highest BCUT2D eigenvalue weighted by Crippen LogP contribution is 2.32. The largest absolute Gasteiger partial charge is 0.376 e. The van der Waals surface area contributed by atoms with Crippen molar-refractivity contribution in [1.29, 1.82) is 0 Å². The van der Waals surface area contributed by atoms with Gasteiger partial charge in [0.1, 0.15) is 16.5 Å². The van der Waals surface area contributed by atoms with Crippen molar-refractivity contribution in [3.05, 3.63) is 52.9 Å². The molecule has 0 amide bonds. The first kappa shape index (κ1) is 21.0. The predicted molar refractivity (Wildman–Crippen MR) is 107 cm³/mol. The quantitative estimate of drug-likeness (QED) is 0.763. The van der Waals surface area contributed by atoms with Crippen LogP contribution in [0.25, 0.3) is 0 Å². The van der Waals surface area contributed by atoms with Gasteiger partial charge in [0.15, 0.2) is 9.84 Å². The Bertz CT molecular complexity index is 922. The van der Waals surface area contributed by atoms with Crippen LogP contribution in [0.5, 0.6) is 0 Å². The van der Waals surface area contributed by atoms with E-state index < -0.39 is 21.7 Å². The summed E-state index contributed by atoms with van der Waals surface area (Å²) >= 11 is 6.33. The summed E-state index contributed by atoms with van der Waals surface area (Å²) in [5.41, 5.74) is 0.377. The van der Waals surface area contributed by atoms with Gasteiger partial charge in [-0.05, 0) is 31.2 Å². The van der Waals surface area contributed by atoms with Crippen molar-refractivity contribution in [3.63, 3.8) is 0 Å². The van der Waals surface area contributed by atoms with Gasteiger partial charge in [-0.15, -0.1) is 0 Å². The van der Waals surface area contributed by atoms with Crippen LogP contribution in [0.15, 0.2) is 41.4 Å². The van der Waals surface area contributed by atoms with Crippen molar-refractivity contribution in [2.75, 3.05) is 37.8 Å². The molecule has 1 saturated heterocycles. The van der Waals surface area contributed by atoms with E-state index in [-0.39, 0.29) is 23.4 Å². The zero-order valence-corrected chi connectivity index (χ0v) is 17.3. The number of hydrogen-bond donors (Lipinski definition) is 1. The second kappa shape index (κ2) is 8.73. The van der Waals surface area contributed by atoms with Crippen LogP contribution in [0.4, 0.5) is 10.2 Å². The van der Waals surface area contributed by atoms with Crippen LogP contribution in [0.3, 0.4) is 0 Å². The molecule has 1 fully saturated rings. The molecule has 0 radical (unpaired) electrons. The number of hydrogen-bond acceptors (Lipinski definition) is 6. The van der Waals surface area contributed by atoms with Gasteiger partial charge in [-0.2, -0.15) is 0 Å². The van der Waals surface area contributed by atoms with Gasteiger partial charge in [-0.25, -0.2) is 17.8 Å². The van der Waals surface area contributed by atoms with Crippen molar-refractivity contribution in [2.24, 2.45) is 0 Å². The molecule has 2 unspecified atom stereocenters. The Kier molecular flexibility index (Phi) is 6.54. The zero-order chi connectivity index (χ0) is 20.3. The van der Waals surface area contributed by atoms with Gasteiger partial charge in [0.25, 0.3) is 0 Å². The zero-order valence-electron chi connectivity index (χ0n) is 15.7. The molecule has 1 aliphatic heterocycles. The topological polar surface area (TPSA) is 71.5 Å². The number of morpholine rings is 1. The first-order valence-corrected chi connectivity index (χ1v) is 11.2. The molecule has 2 aromatic rings. The van der Waals surface area contributed by atoms with E-state index in [2.05, 4.69) is 15.2 Å². The van der Waals surface area contributed by atoms with E-state index in [1.165, 1.54) is 18.3 Å². The van der Waals surface area contributed by atoms with Crippen molar-refractivity contribution in [1.82, 2.24) is 9.88 Å². The predicted octanol–water partition coefficient (Wildman–Crippen LogP) is 3.15.